The Morgan fingerprint density at radius 3 is 2.53 bits per heavy atom. The third-order valence-corrected chi connectivity index (χ3v) is 3.45. The van der Waals surface area contributed by atoms with Gasteiger partial charge in [0.1, 0.15) is 4.99 Å². The van der Waals surface area contributed by atoms with E-state index in [-0.39, 0.29) is 0 Å². The topological polar surface area (TPSA) is 47.1 Å². The van der Waals surface area contributed by atoms with Crippen molar-refractivity contribution < 1.29 is 0 Å². The first kappa shape index (κ1) is 13.5. The van der Waals surface area contributed by atoms with Gasteiger partial charge >= 0.3 is 0 Å². The van der Waals surface area contributed by atoms with Gasteiger partial charge in [0, 0.05) is 50.2 Å². The highest BCUT2D eigenvalue weighted by Gasteiger charge is 2.04. The van der Waals surface area contributed by atoms with Gasteiger partial charge in [0.05, 0.1) is 0 Å². The van der Waals surface area contributed by atoms with E-state index in [0.29, 0.717) is 4.99 Å². The number of aromatic nitrogens is 2. The van der Waals surface area contributed by atoms with Crippen molar-refractivity contribution in [2.45, 2.75) is 6.42 Å². The molecule has 0 aliphatic carbocycles. The molecule has 0 radical (unpaired) electrons. The van der Waals surface area contributed by atoms with E-state index in [1.807, 2.05) is 48.3 Å². The highest BCUT2D eigenvalue weighted by Crippen LogP contribution is 2.14. The molecule has 4 nitrogen and oxygen atoms in total. The monoisotopic (exact) mass is 274 g/mol. The number of likely N-dealkylation sites (N-methyl/N-ethyl adjacent to an activating group) is 1. The van der Waals surface area contributed by atoms with Crippen LogP contribution >= 0.6 is 12.2 Å². The minimum atomic E-state index is 0.434. The van der Waals surface area contributed by atoms with Crippen molar-refractivity contribution in [1.29, 1.82) is 0 Å². The van der Waals surface area contributed by atoms with Crippen LogP contribution < -0.4 is 10.6 Å². The van der Waals surface area contributed by atoms with Crippen LogP contribution in [0.3, 0.4) is 0 Å². The van der Waals surface area contributed by atoms with Crippen LogP contribution in [0.1, 0.15) is 11.3 Å². The summed E-state index contributed by atoms with van der Waals surface area (Å²) in [7, 11) is 4.04. The van der Waals surface area contributed by atoms with E-state index in [9.17, 15) is 0 Å². The van der Waals surface area contributed by atoms with Crippen molar-refractivity contribution in [2.75, 3.05) is 18.5 Å². The summed E-state index contributed by atoms with van der Waals surface area (Å²) in [5, 5.41) is 4.17. The predicted molar refractivity (Wildman–Crippen MR) is 82.5 cm³/mol. The quantitative estimate of drug-likeness (QED) is 0.844. The van der Waals surface area contributed by atoms with Crippen LogP contribution in [-0.2, 0) is 13.5 Å². The number of rotatable bonds is 5. The first-order chi connectivity index (χ1) is 9.08. The first-order valence-corrected chi connectivity index (χ1v) is 6.56. The SMILES string of the molecule is CN(CCc1ccnn1C)c1ccc(C(N)=S)cc1. The Bertz CT molecular complexity index is 559. The summed E-state index contributed by atoms with van der Waals surface area (Å²) >= 11 is 4.95. The van der Waals surface area contributed by atoms with Crippen molar-refractivity contribution in [1.82, 2.24) is 9.78 Å². The summed E-state index contributed by atoms with van der Waals surface area (Å²) < 4.78 is 1.91. The van der Waals surface area contributed by atoms with E-state index in [4.69, 9.17) is 18.0 Å². The van der Waals surface area contributed by atoms with Gasteiger partial charge in [-0.2, -0.15) is 5.10 Å². The fraction of sp³-hybridized carbons (Fsp3) is 0.286. The highest BCUT2D eigenvalue weighted by atomic mass is 32.1. The molecule has 19 heavy (non-hydrogen) atoms. The smallest absolute Gasteiger partial charge is 0.103 e. The largest absolute Gasteiger partial charge is 0.389 e. The molecular formula is C14H18N4S. The van der Waals surface area contributed by atoms with Gasteiger partial charge in [-0.1, -0.05) is 12.2 Å². The molecule has 1 aromatic carbocycles. The second-order valence-electron chi connectivity index (χ2n) is 4.53. The zero-order chi connectivity index (χ0) is 13.8. The van der Waals surface area contributed by atoms with Gasteiger partial charge < -0.3 is 10.6 Å². The Morgan fingerprint density at radius 1 is 1.32 bits per heavy atom. The molecule has 0 unspecified atom stereocenters. The molecule has 1 heterocycles. The fourth-order valence-electron chi connectivity index (χ4n) is 1.94. The molecule has 0 saturated carbocycles. The zero-order valence-corrected chi connectivity index (χ0v) is 12.0. The molecule has 5 heteroatoms. The second-order valence-corrected chi connectivity index (χ2v) is 4.97. The Kier molecular flexibility index (Phi) is 4.16. The Hall–Kier alpha value is -1.88. The highest BCUT2D eigenvalue weighted by molar-refractivity contribution is 7.80. The summed E-state index contributed by atoms with van der Waals surface area (Å²) in [5.74, 6) is 0. The van der Waals surface area contributed by atoms with E-state index < -0.39 is 0 Å². The van der Waals surface area contributed by atoms with E-state index >= 15 is 0 Å². The molecule has 100 valence electrons. The van der Waals surface area contributed by atoms with Gasteiger partial charge in [-0.15, -0.1) is 0 Å². The number of hydrogen-bond acceptors (Lipinski definition) is 3. The summed E-state index contributed by atoms with van der Waals surface area (Å²) in [5.41, 5.74) is 8.87. The van der Waals surface area contributed by atoms with Crippen molar-refractivity contribution in [3.63, 3.8) is 0 Å². The van der Waals surface area contributed by atoms with Crippen LogP contribution in [0.4, 0.5) is 5.69 Å². The van der Waals surface area contributed by atoms with E-state index in [2.05, 4.69) is 17.0 Å². The van der Waals surface area contributed by atoms with Crippen LogP contribution in [0, 0.1) is 0 Å². The third kappa shape index (κ3) is 3.32. The fourth-order valence-corrected chi connectivity index (χ4v) is 2.07. The minimum absolute atomic E-state index is 0.434. The summed E-state index contributed by atoms with van der Waals surface area (Å²) in [6.07, 6.45) is 2.79. The van der Waals surface area contributed by atoms with Crippen LogP contribution in [0.25, 0.3) is 0 Å². The number of nitrogens with zero attached hydrogens (tertiary/aromatic N) is 3. The second kappa shape index (κ2) is 5.84. The molecule has 0 atom stereocenters. The van der Waals surface area contributed by atoms with Gasteiger partial charge in [-0.25, -0.2) is 0 Å². The number of benzene rings is 1. The maximum atomic E-state index is 5.59. The van der Waals surface area contributed by atoms with Crippen LogP contribution in [-0.4, -0.2) is 28.4 Å². The van der Waals surface area contributed by atoms with Gasteiger partial charge in [0.15, 0.2) is 0 Å². The number of nitrogens with two attached hydrogens (primary N) is 1. The van der Waals surface area contributed by atoms with Crippen molar-refractivity contribution in [2.24, 2.45) is 12.8 Å². The molecule has 1 aromatic heterocycles. The van der Waals surface area contributed by atoms with Crippen LogP contribution in [0.2, 0.25) is 0 Å². The van der Waals surface area contributed by atoms with Gasteiger partial charge in [0.2, 0.25) is 0 Å². The van der Waals surface area contributed by atoms with E-state index in [1.165, 1.54) is 5.69 Å². The molecule has 0 aliphatic heterocycles. The maximum absolute atomic E-state index is 5.59. The molecule has 2 N–H and O–H groups in total. The molecule has 0 saturated heterocycles. The normalized spacial score (nSPS) is 10.4. The standard InChI is InChI=1S/C14H18N4S/c1-17(10-8-13-7-9-16-18(13)2)12-5-3-11(4-6-12)14(15)19/h3-7,9H,8,10H2,1-2H3,(H2,15,19). The Balaban J connectivity index is 1.98. The molecule has 0 aliphatic rings. The number of thiocarbonyl (C=S) groups is 1. The lowest BCUT2D eigenvalue weighted by Gasteiger charge is -2.19. The lowest BCUT2D eigenvalue weighted by Crippen LogP contribution is -2.21. The van der Waals surface area contributed by atoms with Gasteiger partial charge in [-0.3, -0.25) is 4.68 Å². The van der Waals surface area contributed by atoms with Gasteiger partial charge in [0.25, 0.3) is 0 Å². The van der Waals surface area contributed by atoms with Crippen molar-refractivity contribution in [3.05, 3.63) is 47.8 Å². The lowest BCUT2D eigenvalue weighted by atomic mass is 10.2. The third-order valence-electron chi connectivity index (χ3n) is 3.22. The molecule has 0 bridgehead atoms. The Morgan fingerprint density at radius 2 is 2.00 bits per heavy atom. The predicted octanol–water partition coefficient (Wildman–Crippen LogP) is 1.73. The van der Waals surface area contributed by atoms with Crippen LogP contribution in [0.5, 0.6) is 0 Å². The average Bonchev–Trinajstić information content (AvgIpc) is 2.81. The molecule has 0 amide bonds. The lowest BCUT2D eigenvalue weighted by molar-refractivity contribution is 0.699. The van der Waals surface area contributed by atoms with E-state index in [1.54, 1.807) is 0 Å². The summed E-state index contributed by atoms with van der Waals surface area (Å²) in [6.45, 7) is 0.936. The number of aryl methyl sites for hydroxylation is 1. The van der Waals surface area contributed by atoms with Crippen molar-refractivity contribution >= 4 is 22.9 Å². The summed E-state index contributed by atoms with van der Waals surface area (Å²) in [6, 6.07) is 10.0. The average molecular weight is 274 g/mol. The van der Waals surface area contributed by atoms with Crippen LogP contribution in [0.15, 0.2) is 36.5 Å². The van der Waals surface area contributed by atoms with E-state index in [0.717, 1.165) is 24.2 Å². The van der Waals surface area contributed by atoms with Crippen molar-refractivity contribution in [3.8, 4) is 0 Å². The first-order valence-electron chi connectivity index (χ1n) is 6.16. The Labute approximate surface area is 118 Å². The zero-order valence-electron chi connectivity index (χ0n) is 11.2. The minimum Gasteiger partial charge on any atom is -0.389 e. The number of anilines is 1. The molecule has 0 spiro atoms. The number of hydrogen-bond donors (Lipinski definition) is 1. The summed E-state index contributed by atoms with van der Waals surface area (Å²) in [4.78, 5) is 2.64. The molecule has 0 fully saturated rings. The molecule has 2 aromatic rings. The van der Waals surface area contributed by atoms with Gasteiger partial charge in [-0.05, 0) is 30.3 Å². The maximum Gasteiger partial charge on any atom is 0.103 e. The molecular weight excluding hydrogens is 256 g/mol. The molecule has 2 rings (SSSR count).